The maximum atomic E-state index is 12.4. The van der Waals surface area contributed by atoms with E-state index in [-0.39, 0.29) is 5.91 Å². The van der Waals surface area contributed by atoms with E-state index in [4.69, 9.17) is 4.74 Å². The van der Waals surface area contributed by atoms with Crippen LogP contribution in [0.15, 0.2) is 24.3 Å². The number of ether oxygens (including phenoxy) is 1. The maximum absolute atomic E-state index is 12.4. The van der Waals surface area contributed by atoms with E-state index in [1.165, 1.54) is 17.7 Å². The van der Waals surface area contributed by atoms with Gasteiger partial charge in [-0.25, -0.2) is 4.98 Å². The molecule has 2 heterocycles. The predicted octanol–water partition coefficient (Wildman–Crippen LogP) is 3.95. The monoisotopic (exact) mass is 359 g/mol. The molecule has 0 bridgehead atoms. The zero-order chi connectivity index (χ0) is 17.6. The molecule has 0 saturated heterocycles. The van der Waals surface area contributed by atoms with Crippen molar-refractivity contribution in [2.45, 2.75) is 39.2 Å². The summed E-state index contributed by atoms with van der Waals surface area (Å²) in [6.07, 6.45) is 4.36. The highest BCUT2D eigenvalue weighted by Gasteiger charge is 2.19. The van der Waals surface area contributed by atoms with E-state index in [1.54, 1.807) is 23.5 Å². The van der Waals surface area contributed by atoms with Crippen molar-refractivity contribution in [3.8, 4) is 5.75 Å². The molecule has 0 saturated carbocycles. The average Bonchev–Trinajstić information content (AvgIpc) is 3.00. The second kappa shape index (κ2) is 8.45. The SMILES string of the molecule is CCCCCOc1ccc(C(=O)Nc2nc3c(s2)CN(C)CC3)cc1. The van der Waals surface area contributed by atoms with E-state index in [1.807, 2.05) is 12.1 Å². The van der Waals surface area contributed by atoms with Gasteiger partial charge in [-0.2, -0.15) is 0 Å². The molecule has 3 rings (SSSR count). The molecule has 1 amide bonds. The van der Waals surface area contributed by atoms with E-state index < -0.39 is 0 Å². The Morgan fingerprint density at radius 1 is 1.32 bits per heavy atom. The van der Waals surface area contributed by atoms with Crippen molar-refractivity contribution in [3.63, 3.8) is 0 Å². The zero-order valence-corrected chi connectivity index (χ0v) is 15.7. The van der Waals surface area contributed by atoms with Crippen molar-refractivity contribution in [3.05, 3.63) is 40.4 Å². The summed E-state index contributed by atoms with van der Waals surface area (Å²) in [5.41, 5.74) is 1.74. The van der Waals surface area contributed by atoms with Crippen LogP contribution in [0.3, 0.4) is 0 Å². The molecule has 134 valence electrons. The lowest BCUT2D eigenvalue weighted by molar-refractivity contribution is 0.102. The number of carbonyl (C=O) groups is 1. The number of hydrogen-bond donors (Lipinski definition) is 1. The molecule has 0 aliphatic carbocycles. The molecule has 0 unspecified atom stereocenters. The number of rotatable bonds is 7. The smallest absolute Gasteiger partial charge is 0.257 e. The number of fused-ring (bicyclic) bond motifs is 1. The van der Waals surface area contributed by atoms with Crippen molar-refractivity contribution in [2.24, 2.45) is 0 Å². The summed E-state index contributed by atoms with van der Waals surface area (Å²) in [4.78, 5) is 20.5. The van der Waals surface area contributed by atoms with Gasteiger partial charge in [0, 0.05) is 30.0 Å². The van der Waals surface area contributed by atoms with Crippen LogP contribution in [0, 0.1) is 0 Å². The van der Waals surface area contributed by atoms with Gasteiger partial charge < -0.3 is 9.64 Å². The molecule has 1 aliphatic heterocycles. The third kappa shape index (κ3) is 4.80. The highest BCUT2D eigenvalue weighted by Crippen LogP contribution is 2.28. The van der Waals surface area contributed by atoms with Crippen molar-refractivity contribution in [2.75, 3.05) is 25.5 Å². The van der Waals surface area contributed by atoms with Crippen LogP contribution < -0.4 is 10.1 Å². The molecule has 25 heavy (non-hydrogen) atoms. The van der Waals surface area contributed by atoms with Gasteiger partial charge >= 0.3 is 0 Å². The second-order valence-electron chi connectivity index (χ2n) is 6.41. The van der Waals surface area contributed by atoms with Crippen LogP contribution >= 0.6 is 11.3 Å². The van der Waals surface area contributed by atoms with E-state index in [0.29, 0.717) is 10.7 Å². The van der Waals surface area contributed by atoms with Crippen LogP contribution in [0.2, 0.25) is 0 Å². The molecule has 0 radical (unpaired) electrons. The molecule has 5 nitrogen and oxygen atoms in total. The number of hydrogen-bond acceptors (Lipinski definition) is 5. The number of thiazole rings is 1. The van der Waals surface area contributed by atoms with Crippen LogP contribution in [-0.4, -0.2) is 36.0 Å². The van der Waals surface area contributed by atoms with Crippen LogP contribution in [0.25, 0.3) is 0 Å². The largest absolute Gasteiger partial charge is 0.494 e. The summed E-state index contributed by atoms with van der Waals surface area (Å²) < 4.78 is 5.68. The van der Waals surface area contributed by atoms with E-state index in [0.717, 1.165) is 44.0 Å². The third-order valence-corrected chi connectivity index (χ3v) is 5.27. The van der Waals surface area contributed by atoms with Gasteiger partial charge in [-0.3, -0.25) is 10.1 Å². The maximum Gasteiger partial charge on any atom is 0.257 e. The second-order valence-corrected chi connectivity index (χ2v) is 7.49. The van der Waals surface area contributed by atoms with Gasteiger partial charge in [0.05, 0.1) is 12.3 Å². The summed E-state index contributed by atoms with van der Waals surface area (Å²) >= 11 is 1.57. The molecule has 0 spiro atoms. The Morgan fingerprint density at radius 3 is 2.88 bits per heavy atom. The van der Waals surface area contributed by atoms with Gasteiger partial charge in [-0.1, -0.05) is 19.8 Å². The Labute approximate surface area is 153 Å². The number of likely N-dealkylation sites (N-methyl/N-ethyl adjacent to an activating group) is 1. The fourth-order valence-electron chi connectivity index (χ4n) is 2.79. The van der Waals surface area contributed by atoms with Crippen LogP contribution in [0.4, 0.5) is 5.13 Å². The highest BCUT2D eigenvalue weighted by atomic mass is 32.1. The molecule has 1 aliphatic rings. The van der Waals surface area contributed by atoms with E-state index in [9.17, 15) is 4.79 Å². The van der Waals surface area contributed by atoms with Gasteiger partial charge in [-0.15, -0.1) is 11.3 Å². The predicted molar refractivity (Wildman–Crippen MR) is 102 cm³/mol. The topological polar surface area (TPSA) is 54.5 Å². The molecule has 1 aromatic heterocycles. The minimum Gasteiger partial charge on any atom is -0.494 e. The number of unbranched alkanes of at least 4 members (excludes halogenated alkanes) is 2. The fraction of sp³-hybridized carbons (Fsp3) is 0.474. The molecule has 2 aromatic rings. The molecule has 0 fully saturated rings. The Morgan fingerprint density at radius 2 is 2.12 bits per heavy atom. The quantitative estimate of drug-likeness (QED) is 0.761. The lowest BCUT2D eigenvalue weighted by Crippen LogP contribution is -2.25. The van der Waals surface area contributed by atoms with Crippen LogP contribution in [0.1, 0.15) is 47.1 Å². The van der Waals surface area contributed by atoms with E-state index >= 15 is 0 Å². The summed E-state index contributed by atoms with van der Waals surface area (Å²) in [6, 6.07) is 7.29. The molecule has 1 N–H and O–H groups in total. The van der Waals surface area contributed by atoms with Crippen molar-refractivity contribution in [1.29, 1.82) is 0 Å². The van der Waals surface area contributed by atoms with Crippen LogP contribution in [0.5, 0.6) is 5.75 Å². The minimum absolute atomic E-state index is 0.128. The summed E-state index contributed by atoms with van der Waals surface area (Å²) in [5.74, 6) is 0.678. The van der Waals surface area contributed by atoms with Crippen LogP contribution in [-0.2, 0) is 13.0 Å². The first-order chi connectivity index (χ1) is 12.2. The molecule has 0 atom stereocenters. The lowest BCUT2D eigenvalue weighted by Gasteiger charge is -2.20. The molecule has 1 aromatic carbocycles. The number of nitrogens with one attached hydrogen (secondary N) is 1. The first kappa shape index (κ1) is 17.9. The van der Waals surface area contributed by atoms with Gasteiger partial charge in [0.2, 0.25) is 0 Å². The van der Waals surface area contributed by atoms with Gasteiger partial charge in [0.25, 0.3) is 5.91 Å². The van der Waals surface area contributed by atoms with Gasteiger partial charge in [-0.05, 0) is 37.7 Å². The number of carbonyl (C=O) groups excluding carboxylic acids is 1. The zero-order valence-electron chi connectivity index (χ0n) is 14.9. The lowest BCUT2D eigenvalue weighted by atomic mass is 10.2. The fourth-order valence-corrected chi connectivity index (χ4v) is 3.87. The summed E-state index contributed by atoms with van der Waals surface area (Å²) in [7, 11) is 2.10. The van der Waals surface area contributed by atoms with Gasteiger partial charge in [0.1, 0.15) is 5.75 Å². The third-order valence-electron chi connectivity index (χ3n) is 4.28. The molecular formula is C19H25N3O2S. The Hall–Kier alpha value is -1.92. The standard InChI is InChI=1S/C19H25N3O2S/c1-3-4-5-12-24-15-8-6-14(7-9-15)18(23)21-19-20-16-10-11-22(2)13-17(16)25-19/h6-9H,3-5,10-13H2,1-2H3,(H,20,21,23). The molecular weight excluding hydrogens is 334 g/mol. The number of nitrogens with zero attached hydrogens (tertiary/aromatic N) is 2. The summed E-state index contributed by atoms with van der Waals surface area (Å²) in [5, 5.41) is 3.60. The Bertz CT molecular complexity index is 712. The highest BCUT2D eigenvalue weighted by molar-refractivity contribution is 7.15. The Balaban J connectivity index is 1.56. The van der Waals surface area contributed by atoms with Crippen molar-refractivity contribution in [1.82, 2.24) is 9.88 Å². The summed E-state index contributed by atoms with van der Waals surface area (Å²) in [6.45, 7) is 4.82. The van der Waals surface area contributed by atoms with Crippen molar-refractivity contribution < 1.29 is 9.53 Å². The first-order valence-corrected chi connectivity index (χ1v) is 9.68. The number of anilines is 1. The van der Waals surface area contributed by atoms with Gasteiger partial charge in [0.15, 0.2) is 5.13 Å². The van der Waals surface area contributed by atoms with E-state index in [2.05, 4.69) is 29.2 Å². The number of amides is 1. The number of benzene rings is 1. The first-order valence-electron chi connectivity index (χ1n) is 8.87. The minimum atomic E-state index is -0.128. The van der Waals surface area contributed by atoms with Crippen molar-refractivity contribution >= 4 is 22.4 Å². The Kier molecular flexibility index (Phi) is 6.04. The number of aromatic nitrogens is 1. The molecule has 6 heteroatoms. The average molecular weight is 359 g/mol. The normalized spacial score (nSPS) is 14.2.